The minimum absolute atomic E-state index is 0.113. The Morgan fingerprint density at radius 3 is 2.61 bits per heavy atom. The molecule has 0 radical (unpaired) electrons. The molecule has 1 rings (SSSR count). The molecule has 0 spiro atoms. The molecule has 0 aliphatic carbocycles. The fourth-order valence-corrected chi connectivity index (χ4v) is 1.75. The van der Waals surface area contributed by atoms with Gasteiger partial charge < -0.3 is 15.5 Å². The molecule has 0 aliphatic rings. The summed E-state index contributed by atoms with van der Waals surface area (Å²) in [6, 6.07) is 8.07. The van der Waals surface area contributed by atoms with Gasteiger partial charge in [-0.3, -0.25) is 4.79 Å². The number of hydrogen-bond acceptors (Lipinski definition) is 3. The van der Waals surface area contributed by atoms with Crippen LogP contribution in [0.25, 0.3) is 0 Å². The van der Waals surface area contributed by atoms with Crippen molar-refractivity contribution in [2.45, 2.75) is 19.9 Å². The van der Waals surface area contributed by atoms with E-state index in [1.54, 1.807) is 19.0 Å². The van der Waals surface area contributed by atoms with E-state index in [4.69, 9.17) is 5.73 Å². The highest BCUT2D eigenvalue weighted by Crippen LogP contribution is 2.16. The molecule has 0 fully saturated rings. The van der Waals surface area contributed by atoms with Crippen LogP contribution in [0.1, 0.15) is 18.9 Å². The Hall–Kier alpha value is -1.55. The summed E-state index contributed by atoms with van der Waals surface area (Å²) in [5.41, 5.74) is 7.80. The van der Waals surface area contributed by atoms with Crippen LogP contribution < -0.4 is 10.6 Å². The molecule has 18 heavy (non-hydrogen) atoms. The SMILES string of the molecule is CCCN(CC(=O)N(C)C)c1cccc(CN)c1. The highest BCUT2D eigenvalue weighted by atomic mass is 16.2. The molecule has 2 N–H and O–H groups in total. The average Bonchev–Trinajstić information content (AvgIpc) is 2.38. The first-order chi connectivity index (χ1) is 8.58. The van der Waals surface area contributed by atoms with Gasteiger partial charge in [0.1, 0.15) is 0 Å². The zero-order valence-corrected chi connectivity index (χ0v) is 11.5. The molecule has 0 unspecified atom stereocenters. The lowest BCUT2D eigenvalue weighted by Gasteiger charge is -2.25. The number of benzene rings is 1. The number of nitrogens with zero attached hydrogens (tertiary/aromatic N) is 2. The van der Waals surface area contributed by atoms with Crippen molar-refractivity contribution >= 4 is 11.6 Å². The first-order valence-corrected chi connectivity index (χ1v) is 6.32. The molecule has 4 heteroatoms. The van der Waals surface area contributed by atoms with Crippen LogP contribution in [0.3, 0.4) is 0 Å². The highest BCUT2D eigenvalue weighted by Gasteiger charge is 2.12. The summed E-state index contributed by atoms with van der Waals surface area (Å²) in [6.07, 6.45) is 1.01. The van der Waals surface area contributed by atoms with Crippen LogP contribution in [-0.2, 0) is 11.3 Å². The molecule has 1 amide bonds. The maximum absolute atomic E-state index is 11.8. The van der Waals surface area contributed by atoms with E-state index in [0.29, 0.717) is 13.1 Å². The quantitative estimate of drug-likeness (QED) is 0.830. The number of amides is 1. The van der Waals surface area contributed by atoms with Crippen molar-refractivity contribution in [3.63, 3.8) is 0 Å². The predicted octanol–water partition coefficient (Wildman–Crippen LogP) is 1.45. The fraction of sp³-hybridized carbons (Fsp3) is 0.500. The van der Waals surface area contributed by atoms with Crippen LogP contribution in [0.2, 0.25) is 0 Å². The molecule has 100 valence electrons. The lowest BCUT2D eigenvalue weighted by molar-refractivity contribution is -0.127. The van der Waals surface area contributed by atoms with Crippen molar-refractivity contribution in [2.24, 2.45) is 5.73 Å². The van der Waals surface area contributed by atoms with Crippen LogP contribution in [-0.4, -0.2) is 38.0 Å². The Kier molecular flexibility index (Phi) is 5.65. The zero-order valence-electron chi connectivity index (χ0n) is 11.5. The molecule has 0 saturated heterocycles. The Morgan fingerprint density at radius 2 is 2.06 bits per heavy atom. The van der Waals surface area contributed by atoms with Crippen LogP contribution in [0, 0.1) is 0 Å². The van der Waals surface area contributed by atoms with Crippen LogP contribution in [0.4, 0.5) is 5.69 Å². The van der Waals surface area contributed by atoms with Gasteiger partial charge in [0, 0.05) is 32.9 Å². The average molecular weight is 249 g/mol. The number of hydrogen-bond donors (Lipinski definition) is 1. The molecular weight excluding hydrogens is 226 g/mol. The van der Waals surface area contributed by atoms with E-state index in [1.165, 1.54) is 0 Å². The number of likely N-dealkylation sites (N-methyl/N-ethyl adjacent to an activating group) is 1. The number of carbonyl (C=O) groups excluding carboxylic acids is 1. The summed E-state index contributed by atoms with van der Waals surface area (Å²) in [5.74, 6) is 0.113. The number of rotatable bonds is 6. The lowest BCUT2D eigenvalue weighted by atomic mass is 10.2. The first kappa shape index (κ1) is 14.5. The van der Waals surface area contributed by atoms with E-state index >= 15 is 0 Å². The summed E-state index contributed by atoms with van der Waals surface area (Å²) in [6.45, 7) is 3.91. The molecule has 4 nitrogen and oxygen atoms in total. The van der Waals surface area contributed by atoms with E-state index in [-0.39, 0.29) is 5.91 Å². The van der Waals surface area contributed by atoms with Gasteiger partial charge in [-0.15, -0.1) is 0 Å². The van der Waals surface area contributed by atoms with Crippen molar-refractivity contribution < 1.29 is 4.79 Å². The van der Waals surface area contributed by atoms with Gasteiger partial charge in [-0.25, -0.2) is 0 Å². The molecule has 0 heterocycles. The molecule has 0 atom stereocenters. The maximum Gasteiger partial charge on any atom is 0.241 e. The van der Waals surface area contributed by atoms with Gasteiger partial charge in [0.25, 0.3) is 0 Å². The van der Waals surface area contributed by atoms with E-state index in [9.17, 15) is 4.79 Å². The third-order valence-corrected chi connectivity index (χ3v) is 2.83. The largest absolute Gasteiger partial charge is 0.362 e. The van der Waals surface area contributed by atoms with E-state index in [0.717, 1.165) is 24.2 Å². The molecule has 0 saturated carbocycles. The summed E-state index contributed by atoms with van der Waals surface area (Å²) in [7, 11) is 3.56. The van der Waals surface area contributed by atoms with Gasteiger partial charge >= 0.3 is 0 Å². The maximum atomic E-state index is 11.8. The summed E-state index contributed by atoms with van der Waals surface area (Å²) < 4.78 is 0. The van der Waals surface area contributed by atoms with Crippen molar-refractivity contribution in [3.05, 3.63) is 29.8 Å². The van der Waals surface area contributed by atoms with Gasteiger partial charge in [0.15, 0.2) is 0 Å². The Morgan fingerprint density at radius 1 is 1.33 bits per heavy atom. The Bertz CT molecular complexity index is 390. The first-order valence-electron chi connectivity index (χ1n) is 6.32. The summed E-state index contributed by atoms with van der Waals surface area (Å²) in [4.78, 5) is 15.5. The second kappa shape index (κ2) is 7.01. The van der Waals surface area contributed by atoms with E-state index in [2.05, 4.69) is 17.9 Å². The van der Waals surface area contributed by atoms with Gasteiger partial charge in [-0.05, 0) is 24.1 Å². The normalized spacial score (nSPS) is 10.2. The molecule has 0 aromatic heterocycles. The Balaban J connectivity index is 2.85. The molecular formula is C14H23N3O. The van der Waals surface area contributed by atoms with Gasteiger partial charge in [-0.2, -0.15) is 0 Å². The topological polar surface area (TPSA) is 49.6 Å². The van der Waals surface area contributed by atoms with Gasteiger partial charge in [0.2, 0.25) is 5.91 Å². The third kappa shape index (κ3) is 4.04. The minimum Gasteiger partial charge on any atom is -0.362 e. The second-order valence-electron chi connectivity index (χ2n) is 4.58. The molecule has 1 aromatic rings. The van der Waals surface area contributed by atoms with E-state index in [1.807, 2.05) is 18.2 Å². The summed E-state index contributed by atoms with van der Waals surface area (Å²) in [5, 5.41) is 0. The van der Waals surface area contributed by atoms with Crippen molar-refractivity contribution in [1.29, 1.82) is 0 Å². The van der Waals surface area contributed by atoms with Crippen molar-refractivity contribution in [1.82, 2.24) is 4.90 Å². The minimum atomic E-state index is 0.113. The van der Waals surface area contributed by atoms with Crippen molar-refractivity contribution in [3.8, 4) is 0 Å². The van der Waals surface area contributed by atoms with Crippen molar-refractivity contribution in [2.75, 3.05) is 32.1 Å². The third-order valence-electron chi connectivity index (χ3n) is 2.83. The predicted molar refractivity (Wildman–Crippen MR) is 75.5 cm³/mol. The number of nitrogens with two attached hydrogens (primary N) is 1. The van der Waals surface area contributed by atoms with Crippen LogP contribution >= 0.6 is 0 Å². The van der Waals surface area contributed by atoms with E-state index < -0.39 is 0 Å². The smallest absolute Gasteiger partial charge is 0.241 e. The summed E-state index contributed by atoms with van der Waals surface area (Å²) >= 11 is 0. The Labute approximate surface area is 109 Å². The lowest BCUT2D eigenvalue weighted by Crippen LogP contribution is -2.37. The monoisotopic (exact) mass is 249 g/mol. The van der Waals surface area contributed by atoms with Gasteiger partial charge in [0.05, 0.1) is 6.54 Å². The van der Waals surface area contributed by atoms with Crippen LogP contribution in [0.15, 0.2) is 24.3 Å². The molecule has 0 aliphatic heterocycles. The van der Waals surface area contributed by atoms with Crippen LogP contribution in [0.5, 0.6) is 0 Å². The second-order valence-corrected chi connectivity index (χ2v) is 4.58. The standard InChI is InChI=1S/C14H23N3O/c1-4-8-17(11-14(18)16(2)3)13-7-5-6-12(9-13)10-15/h5-7,9H,4,8,10-11,15H2,1-3H3. The molecule has 0 bridgehead atoms. The number of anilines is 1. The highest BCUT2D eigenvalue weighted by molar-refractivity contribution is 5.81. The number of carbonyl (C=O) groups is 1. The fourth-order valence-electron chi connectivity index (χ4n) is 1.75. The molecule has 1 aromatic carbocycles. The van der Waals surface area contributed by atoms with Gasteiger partial charge in [-0.1, -0.05) is 19.1 Å². The zero-order chi connectivity index (χ0) is 13.5.